The molecule has 0 saturated carbocycles. The molecule has 1 aliphatic heterocycles. The first-order valence-corrected chi connectivity index (χ1v) is 11.7. The van der Waals surface area contributed by atoms with Gasteiger partial charge < -0.3 is 18.6 Å². The molecule has 172 valence electrons. The van der Waals surface area contributed by atoms with Gasteiger partial charge in [-0.15, -0.1) is 0 Å². The zero-order valence-electron chi connectivity index (χ0n) is 19.4. The SMILES string of the molecule is CCCCOCc1c2occcc-2c(OC(=O)C(CCCC)Oc2ccccc2)c1CC. The van der Waals surface area contributed by atoms with Crippen LogP contribution in [-0.2, 0) is 22.6 Å². The molecular weight excluding hydrogens is 404 g/mol. The van der Waals surface area contributed by atoms with Crippen LogP contribution in [0.15, 0.2) is 53.1 Å². The van der Waals surface area contributed by atoms with Gasteiger partial charge in [-0.1, -0.05) is 51.8 Å². The van der Waals surface area contributed by atoms with Crippen molar-refractivity contribution >= 4 is 5.97 Å². The highest BCUT2D eigenvalue weighted by atomic mass is 16.6. The van der Waals surface area contributed by atoms with Crippen molar-refractivity contribution in [1.82, 2.24) is 0 Å². The summed E-state index contributed by atoms with van der Waals surface area (Å²) in [6.45, 7) is 7.41. The van der Waals surface area contributed by atoms with E-state index in [0.29, 0.717) is 37.6 Å². The Labute approximate surface area is 191 Å². The number of fused-ring (bicyclic) bond motifs is 1. The summed E-state index contributed by atoms with van der Waals surface area (Å²) in [6, 6.07) is 13.2. The standard InChI is InChI=1S/C27H34O5/c1-4-7-16-24(31-20-13-10-9-11-14-20)27(28)32-26-21(6-3)23(19-29-17-8-5-2)25-22(26)15-12-18-30-25/h9-15,18,24H,4-8,16-17,19H2,1-3H3. The lowest BCUT2D eigenvalue weighted by atomic mass is 10.1. The first kappa shape index (κ1) is 23.9. The van der Waals surface area contributed by atoms with Gasteiger partial charge in [0.1, 0.15) is 17.3 Å². The molecule has 1 heterocycles. The summed E-state index contributed by atoms with van der Waals surface area (Å²) in [5, 5.41) is 0. The fourth-order valence-electron chi connectivity index (χ4n) is 3.74. The number of esters is 1. The minimum Gasteiger partial charge on any atom is -0.479 e. The van der Waals surface area contributed by atoms with Crippen molar-refractivity contribution in [3.63, 3.8) is 0 Å². The molecule has 5 heteroatoms. The molecule has 0 saturated heterocycles. The van der Waals surface area contributed by atoms with Gasteiger partial charge in [0.2, 0.25) is 0 Å². The van der Waals surface area contributed by atoms with Gasteiger partial charge in [-0.25, -0.2) is 4.79 Å². The highest BCUT2D eigenvalue weighted by Crippen LogP contribution is 2.43. The first-order valence-electron chi connectivity index (χ1n) is 11.7. The van der Waals surface area contributed by atoms with E-state index in [1.165, 1.54) is 0 Å². The highest BCUT2D eigenvalue weighted by molar-refractivity contribution is 5.84. The lowest BCUT2D eigenvalue weighted by molar-refractivity contribution is -0.142. The van der Waals surface area contributed by atoms with Gasteiger partial charge in [-0.05, 0) is 49.9 Å². The number of carbonyl (C=O) groups is 1. The molecule has 1 atom stereocenters. The van der Waals surface area contributed by atoms with Gasteiger partial charge >= 0.3 is 5.97 Å². The number of hydrogen-bond acceptors (Lipinski definition) is 5. The summed E-state index contributed by atoms with van der Waals surface area (Å²) in [4.78, 5) is 13.2. The lowest BCUT2D eigenvalue weighted by Gasteiger charge is -2.18. The zero-order valence-corrected chi connectivity index (χ0v) is 19.4. The monoisotopic (exact) mass is 438 g/mol. The van der Waals surface area contributed by atoms with E-state index in [2.05, 4.69) is 20.8 Å². The molecule has 0 N–H and O–H groups in total. The van der Waals surface area contributed by atoms with E-state index in [0.717, 1.165) is 48.1 Å². The third-order valence-corrected chi connectivity index (χ3v) is 5.48. The minimum atomic E-state index is -0.670. The van der Waals surface area contributed by atoms with Gasteiger partial charge in [0.05, 0.1) is 18.4 Å². The molecule has 0 amide bonds. The van der Waals surface area contributed by atoms with Gasteiger partial charge in [0, 0.05) is 17.7 Å². The van der Waals surface area contributed by atoms with Crippen LogP contribution in [0.25, 0.3) is 11.3 Å². The average Bonchev–Trinajstić information content (AvgIpc) is 3.12. The summed E-state index contributed by atoms with van der Waals surface area (Å²) in [6.07, 6.45) is 6.22. The number of carbonyl (C=O) groups excluding carboxylic acids is 1. The van der Waals surface area contributed by atoms with Crippen LogP contribution in [-0.4, -0.2) is 18.7 Å². The van der Waals surface area contributed by atoms with Crippen molar-refractivity contribution < 1.29 is 23.4 Å². The Bertz CT molecular complexity index is 931. The second-order valence-corrected chi connectivity index (χ2v) is 7.88. The van der Waals surface area contributed by atoms with Crippen molar-refractivity contribution in [3.8, 4) is 22.8 Å². The van der Waals surface area contributed by atoms with E-state index >= 15 is 0 Å². The summed E-state index contributed by atoms with van der Waals surface area (Å²) in [5.41, 5.74) is 2.70. The van der Waals surface area contributed by atoms with Crippen LogP contribution < -0.4 is 9.47 Å². The largest absolute Gasteiger partial charge is 0.479 e. The molecule has 1 aliphatic carbocycles. The van der Waals surface area contributed by atoms with Gasteiger partial charge in [-0.3, -0.25) is 0 Å². The molecule has 0 fully saturated rings. The number of ether oxygens (including phenoxy) is 3. The normalized spacial score (nSPS) is 12.1. The summed E-state index contributed by atoms with van der Waals surface area (Å²) >= 11 is 0. The quantitative estimate of drug-likeness (QED) is 0.217. The van der Waals surface area contributed by atoms with E-state index in [9.17, 15) is 4.79 Å². The maximum absolute atomic E-state index is 13.2. The number of rotatable bonds is 13. The van der Waals surface area contributed by atoms with E-state index in [4.69, 9.17) is 18.6 Å². The smallest absolute Gasteiger partial charge is 0.352 e. The predicted molar refractivity (Wildman–Crippen MR) is 125 cm³/mol. The van der Waals surface area contributed by atoms with Crippen molar-refractivity contribution in [2.24, 2.45) is 0 Å². The number of para-hydroxylation sites is 1. The van der Waals surface area contributed by atoms with E-state index in [1.54, 1.807) is 6.26 Å². The summed E-state index contributed by atoms with van der Waals surface area (Å²) in [7, 11) is 0. The molecule has 1 unspecified atom stereocenters. The van der Waals surface area contributed by atoms with Crippen LogP contribution in [0.3, 0.4) is 0 Å². The number of hydrogen-bond donors (Lipinski definition) is 0. The molecule has 32 heavy (non-hydrogen) atoms. The molecule has 0 radical (unpaired) electrons. The first-order chi connectivity index (χ1) is 15.7. The Hall–Kier alpha value is -2.79. The fourth-order valence-corrected chi connectivity index (χ4v) is 3.74. The molecule has 0 aromatic heterocycles. The van der Waals surface area contributed by atoms with Crippen molar-refractivity contribution in [1.29, 1.82) is 0 Å². The van der Waals surface area contributed by atoms with Crippen molar-refractivity contribution in [3.05, 3.63) is 59.9 Å². The maximum atomic E-state index is 13.2. The number of unbranched alkanes of at least 4 members (excludes halogenated alkanes) is 2. The highest BCUT2D eigenvalue weighted by Gasteiger charge is 2.30. The van der Waals surface area contributed by atoms with Gasteiger partial charge in [-0.2, -0.15) is 0 Å². The van der Waals surface area contributed by atoms with Crippen LogP contribution in [0.4, 0.5) is 0 Å². The number of benzene rings is 1. The zero-order chi connectivity index (χ0) is 22.8. The Morgan fingerprint density at radius 3 is 2.47 bits per heavy atom. The van der Waals surface area contributed by atoms with Gasteiger partial charge in [0.15, 0.2) is 6.10 Å². The van der Waals surface area contributed by atoms with Crippen molar-refractivity contribution in [2.45, 2.75) is 72.0 Å². The van der Waals surface area contributed by atoms with Crippen molar-refractivity contribution in [2.75, 3.05) is 6.61 Å². The van der Waals surface area contributed by atoms with Gasteiger partial charge in [0.25, 0.3) is 0 Å². The Morgan fingerprint density at radius 2 is 1.75 bits per heavy atom. The predicted octanol–water partition coefficient (Wildman–Crippen LogP) is 6.81. The molecule has 0 bridgehead atoms. The lowest BCUT2D eigenvalue weighted by Crippen LogP contribution is -2.31. The third kappa shape index (κ3) is 5.92. The second-order valence-electron chi connectivity index (χ2n) is 7.88. The van der Waals surface area contributed by atoms with Crippen LogP contribution in [0.2, 0.25) is 0 Å². The topological polar surface area (TPSA) is 57.9 Å². The van der Waals surface area contributed by atoms with E-state index < -0.39 is 6.10 Å². The summed E-state index contributed by atoms with van der Waals surface area (Å²) < 4.78 is 23.7. The summed E-state index contributed by atoms with van der Waals surface area (Å²) in [5.74, 6) is 1.56. The van der Waals surface area contributed by atoms with Crippen LogP contribution >= 0.6 is 0 Å². The molecule has 5 nitrogen and oxygen atoms in total. The molecule has 1 aromatic rings. The molecule has 0 spiro atoms. The minimum absolute atomic E-state index is 0.383. The van der Waals surface area contributed by atoms with Crippen LogP contribution in [0, 0.1) is 0 Å². The molecule has 2 aliphatic rings. The van der Waals surface area contributed by atoms with Crippen LogP contribution in [0.5, 0.6) is 11.5 Å². The Morgan fingerprint density at radius 1 is 0.969 bits per heavy atom. The maximum Gasteiger partial charge on any atom is 0.352 e. The second kappa shape index (κ2) is 12.3. The third-order valence-electron chi connectivity index (χ3n) is 5.48. The van der Waals surface area contributed by atoms with E-state index in [1.807, 2.05) is 42.5 Å². The molecular formula is C27H34O5. The van der Waals surface area contributed by atoms with E-state index in [-0.39, 0.29) is 5.97 Å². The Kier molecular flexibility index (Phi) is 9.17. The Balaban J connectivity index is 1.85. The average molecular weight is 439 g/mol. The molecule has 1 aromatic carbocycles. The fraction of sp³-hybridized carbons (Fsp3) is 0.444. The molecule has 3 rings (SSSR count). The van der Waals surface area contributed by atoms with Crippen LogP contribution in [0.1, 0.15) is 64.0 Å².